The molecule has 1 rings (SSSR count). The van der Waals surface area contributed by atoms with Gasteiger partial charge in [-0.2, -0.15) is 13.2 Å². The number of hydrogen-bond acceptors (Lipinski definition) is 7. The van der Waals surface area contributed by atoms with Crippen LogP contribution in [0.3, 0.4) is 0 Å². The van der Waals surface area contributed by atoms with Crippen LogP contribution in [0.25, 0.3) is 0 Å². The molecule has 0 aliphatic heterocycles. The van der Waals surface area contributed by atoms with Gasteiger partial charge in [0, 0.05) is 0 Å². The minimum atomic E-state index is -5.95. The molecule has 1 aliphatic carbocycles. The van der Waals surface area contributed by atoms with Crippen LogP contribution in [-0.4, -0.2) is 5.92 Å². The fourth-order valence-electron chi connectivity index (χ4n) is 0.795. The predicted octanol–water partition coefficient (Wildman–Crippen LogP) is 2.64. The Kier molecular flexibility index (Phi) is 16.0. The molecule has 0 fully saturated rings. The van der Waals surface area contributed by atoms with Crippen LogP contribution in [0.2, 0.25) is 0 Å². The van der Waals surface area contributed by atoms with E-state index in [0.29, 0.717) is 0 Å². The smallest absolute Gasteiger partial charge is 0.744 e. The molecule has 0 radical (unpaired) electrons. The quantitative estimate of drug-likeness (QED) is 0.281. The van der Waals surface area contributed by atoms with Gasteiger partial charge in [-0.25, -0.2) is 8.78 Å². The summed E-state index contributed by atoms with van der Waals surface area (Å²) in [6, 6.07) is 0. The third kappa shape index (κ3) is 7.27. The maximum atomic E-state index is 12.6. The van der Waals surface area contributed by atoms with E-state index in [1.165, 1.54) is 0 Å². The SMILES string of the molecule is O=P([O-])(OF)OC1=C(F)C(F)=C(F)C1(F)F.[C-]#N.[C-]#N.[C-]#N.[Ru+4]. The molecule has 126 valence electrons. The van der Waals surface area contributed by atoms with Crippen molar-refractivity contribution in [3.63, 3.8) is 0 Å². The van der Waals surface area contributed by atoms with Gasteiger partial charge in [0.05, 0.1) is 0 Å². The first kappa shape index (κ1) is 29.2. The largest absolute Gasteiger partial charge is 4.00 e. The second-order valence-electron chi connectivity index (χ2n) is 2.45. The molecule has 7 nitrogen and oxygen atoms in total. The average Bonchev–Trinajstić information content (AvgIpc) is 2.68. The van der Waals surface area contributed by atoms with Crippen molar-refractivity contribution in [1.82, 2.24) is 0 Å². The van der Waals surface area contributed by atoms with Gasteiger partial charge >= 0.3 is 33.2 Å². The van der Waals surface area contributed by atoms with Gasteiger partial charge in [0.1, 0.15) is 0 Å². The van der Waals surface area contributed by atoms with Gasteiger partial charge in [-0.15, -0.1) is 4.73 Å². The van der Waals surface area contributed by atoms with Gasteiger partial charge in [0.15, 0.2) is 0 Å². The Morgan fingerprint density at radius 2 is 1.35 bits per heavy atom. The van der Waals surface area contributed by atoms with E-state index in [-0.39, 0.29) is 19.5 Å². The van der Waals surface area contributed by atoms with Gasteiger partial charge in [0.25, 0.3) is 0 Å². The third-order valence-corrected chi connectivity index (χ3v) is 2.01. The number of rotatable bonds is 3. The van der Waals surface area contributed by atoms with Gasteiger partial charge in [0.2, 0.25) is 23.2 Å². The first-order chi connectivity index (χ1) is 10.1. The Labute approximate surface area is 137 Å². The molecular formula is C8F6N3O4PRu. The van der Waals surface area contributed by atoms with E-state index in [9.17, 15) is 35.9 Å². The fourth-order valence-corrected chi connectivity index (χ4v) is 1.24. The van der Waals surface area contributed by atoms with Gasteiger partial charge in [-0.05, 0) is 4.53 Å². The molecule has 1 unspecified atom stereocenters. The minimum absolute atomic E-state index is 0. The Morgan fingerprint density at radius 1 is 1.00 bits per heavy atom. The Hall–Kier alpha value is -1.90. The number of nitrogens with zero attached hydrogens (tertiary/aromatic N) is 3. The molecule has 0 heterocycles. The van der Waals surface area contributed by atoms with Crippen molar-refractivity contribution in [1.29, 1.82) is 15.8 Å². The molecule has 0 aromatic carbocycles. The van der Waals surface area contributed by atoms with Crippen LogP contribution in [0.4, 0.5) is 26.5 Å². The molecule has 0 spiro atoms. The zero-order valence-corrected chi connectivity index (χ0v) is 12.7. The molecule has 23 heavy (non-hydrogen) atoms. The summed E-state index contributed by atoms with van der Waals surface area (Å²) < 4.78 is 89.1. The standard InChI is InChI=1S/C5HF6O4P.3CN.Ru/c6-1-2(7)4(5(9,10)3(1)8)14-16(12,13)15-11;3*1-2;/h(H,12,13);;;;/q;3*-1;+4/p-1. The maximum absolute atomic E-state index is 12.6. The molecule has 0 amide bonds. The van der Waals surface area contributed by atoms with E-state index in [1.807, 2.05) is 0 Å². The van der Waals surface area contributed by atoms with Crippen LogP contribution in [-0.2, 0) is 33.3 Å². The van der Waals surface area contributed by atoms with Gasteiger partial charge < -0.3 is 44.9 Å². The topological polar surface area (TPSA) is 130 Å². The van der Waals surface area contributed by atoms with E-state index in [0.717, 1.165) is 0 Å². The summed E-state index contributed by atoms with van der Waals surface area (Å²) in [5.41, 5.74) is 0. The van der Waals surface area contributed by atoms with E-state index >= 15 is 0 Å². The molecule has 0 N–H and O–H groups in total. The summed E-state index contributed by atoms with van der Waals surface area (Å²) >= 11 is 0. The van der Waals surface area contributed by atoms with Crippen molar-refractivity contribution in [3.05, 3.63) is 43.0 Å². The van der Waals surface area contributed by atoms with Crippen molar-refractivity contribution < 1.29 is 64.7 Å². The van der Waals surface area contributed by atoms with Crippen LogP contribution in [0.1, 0.15) is 0 Å². The molecule has 15 heteroatoms. The molecule has 0 aromatic heterocycles. The Balaban J connectivity index is -0.000000231. The summed E-state index contributed by atoms with van der Waals surface area (Å²) in [4.78, 5) is 10.2. The Morgan fingerprint density at radius 3 is 1.57 bits per heavy atom. The van der Waals surface area contributed by atoms with Crippen LogP contribution >= 0.6 is 7.82 Å². The van der Waals surface area contributed by atoms with E-state index in [1.54, 1.807) is 0 Å². The van der Waals surface area contributed by atoms with Crippen LogP contribution in [0.15, 0.2) is 23.2 Å². The van der Waals surface area contributed by atoms with Crippen molar-refractivity contribution in [2.24, 2.45) is 0 Å². The Bertz CT molecular complexity index is 547. The van der Waals surface area contributed by atoms with Crippen LogP contribution in [0.5, 0.6) is 0 Å². The van der Waals surface area contributed by atoms with E-state index in [2.05, 4.69) is 9.25 Å². The summed E-state index contributed by atoms with van der Waals surface area (Å²) in [6.07, 6.45) is 0. The number of halogens is 6. The summed E-state index contributed by atoms with van der Waals surface area (Å²) in [6.45, 7) is 14.2. The molecule has 0 aromatic rings. The summed E-state index contributed by atoms with van der Waals surface area (Å²) in [5.74, 6) is -15.6. The second-order valence-corrected chi connectivity index (χ2v) is 3.67. The molecular weight excluding hydrogens is 448 g/mol. The van der Waals surface area contributed by atoms with Gasteiger partial charge in [-0.3, -0.25) is 4.57 Å². The van der Waals surface area contributed by atoms with Crippen molar-refractivity contribution in [2.75, 3.05) is 0 Å². The molecule has 0 saturated heterocycles. The zero-order valence-electron chi connectivity index (χ0n) is 10.0. The maximum Gasteiger partial charge on any atom is 4.00 e. The summed E-state index contributed by atoms with van der Waals surface area (Å²) in [5, 5.41) is 18.8. The molecule has 1 atom stereocenters. The van der Waals surface area contributed by atoms with E-state index in [4.69, 9.17) is 35.5 Å². The third-order valence-electron chi connectivity index (χ3n) is 1.43. The predicted molar refractivity (Wildman–Crippen MR) is 48.1 cm³/mol. The van der Waals surface area contributed by atoms with E-state index < -0.39 is 37.0 Å². The number of allylic oxidation sites excluding steroid dienone is 3. The van der Waals surface area contributed by atoms with Crippen molar-refractivity contribution >= 4 is 7.82 Å². The zero-order chi connectivity index (χ0) is 18.7. The van der Waals surface area contributed by atoms with Crippen molar-refractivity contribution in [2.45, 2.75) is 5.92 Å². The van der Waals surface area contributed by atoms with Crippen LogP contribution < -0.4 is 4.89 Å². The number of phosphoric ester groups is 1. The monoisotopic (exact) mass is 449 g/mol. The average molecular weight is 448 g/mol. The van der Waals surface area contributed by atoms with Crippen molar-refractivity contribution in [3.8, 4) is 0 Å². The van der Waals surface area contributed by atoms with Gasteiger partial charge in [-0.1, -0.05) is 0 Å². The first-order valence-corrected chi connectivity index (χ1v) is 5.42. The molecule has 0 bridgehead atoms. The number of hydrogen-bond donors (Lipinski definition) is 0. The number of phosphoric acid groups is 1. The normalized spacial score (nSPS) is 16.7. The first-order valence-electron chi connectivity index (χ1n) is 3.95. The molecule has 0 saturated carbocycles. The fraction of sp³-hybridized carbons (Fsp3) is 0.125. The second kappa shape index (κ2) is 12.6. The summed E-state index contributed by atoms with van der Waals surface area (Å²) in [7, 11) is -5.95. The minimum Gasteiger partial charge on any atom is -0.744 e. The number of alkyl halides is 2. The molecule has 1 aliphatic rings. The van der Waals surface area contributed by atoms with Crippen LogP contribution in [0, 0.1) is 35.5 Å².